The summed E-state index contributed by atoms with van der Waals surface area (Å²) in [5.74, 6) is 1.17. The van der Waals surface area contributed by atoms with E-state index in [1.54, 1.807) is 39.4 Å². The van der Waals surface area contributed by atoms with Crippen LogP contribution in [-0.4, -0.2) is 53.0 Å². The summed E-state index contributed by atoms with van der Waals surface area (Å²) in [6.45, 7) is 3.71. The monoisotopic (exact) mass is 548 g/mol. The molecular weight excluding hydrogens is 519 g/mol. The van der Waals surface area contributed by atoms with Gasteiger partial charge in [-0.25, -0.2) is 13.4 Å². The molecule has 0 saturated heterocycles. The van der Waals surface area contributed by atoms with E-state index in [-0.39, 0.29) is 24.0 Å². The second-order valence-electron chi connectivity index (χ2n) is 6.46. The summed E-state index contributed by atoms with van der Waals surface area (Å²) < 4.78 is 34.1. The molecule has 0 amide bonds. The number of methoxy groups -OCH3 is 1. The third-order valence-corrected chi connectivity index (χ3v) is 5.40. The molecule has 0 saturated carbocycles. The minimum Gasteiger partial charge on any atom is -0.475 e. The number of benzene rings is 1. The normalized spacial score (nSPS) is 11.5. The molecule has 0 unspecified atom stereocenters. The Kier molecular flexibility index (Phi) is 11.1. The molecule has 10 heteroatoms. The van der Waals surface area contributed by atoms with E-state index in [9.17, 15) is 8.42 Å². The lowest BCUT2D eigenvalue weighted by Crippen LogP contribution is -2.36. The molecule has 0 bridgehead atoms. The maximum atomic E-state index is 11.7. The lowest BCUT2D eigenvalue weighted by Gasteiger charge is -2.14. The van der Waals surface area contributed by atoms with E-state index in [0.717, 1.165) is 16.7 Å². The van der Waals surface area contributed by atoms with Crippen molar-refractivity contribution >= 4 is 39.8 Å². The Bertz CT molecular complexity index is 952. The third-order valence-electron chi connectivity index (χ3n) is 4.14. The Labute approximate surface area is 195 Å². The number of aliphatic imine (C=N–C) groups is 1. The standard InChI is InChI=1S/C20H28N4O4S.HI/c1-15-12-16(7-8-18(15)29(4,25)26)13-23-20(21-2)24-14-17-6-5-9-22-19(17)28-11-10-27-3;/h5-9,12H,10-11,13-14H2,1-4H3,(H2,21,23,24);1H. The average Bonchev–Trinajstić information content (AvgIpc) is 2.68. The second-order valence-corrected chi connectivity index (χ2v) is 8.44. The highest BCUT2D eigenvalue weighted by molar-refractivity contribution is 14.0. The van der Waals surface area contributed by atoms with Gasteiger partial charge in [0.25, 0.3) is 0 Å². The quantitative estimate of drug-likeness (QED) is 0.215. The Balaban J connectivity index is 0.00000450. The lowest BCUT2D eigenvalue weighted by atomic mass is 10.1. The van der Waals surface area contributed by atoms with E-state index in [4.69, 9.17) is 9.47 Å². The van der Waals surface area contributed by atoms with Crippen molar-refractivity contribution in [1.29, 1.82) is 0 Å². The number of pyridine rings is 1. The van der Waals surface area contributed by atoms with Gasteiger partial charge in [-0.05, 0) is 30.2 Å². The van der Waals surface area contributed by atoms with Crippen LogP contribution in [0.15, 0.2) is 46.4 Å². The van der Waals surface area contributed by atoms with Crippen LogP contribution in [0.2, 0.25) is 0 Å². The highest BCUT2D eigenvalue weighted by atomic mass is 127. The van der Waals surface area contributed by atoms with E-state index in [2.05, 4.69) is 20.6 Å². The number of aryl methyl sites for hydroxylation is 1. The molecule has 166 valence electrons. The molecule has 1 aromatic heterocycles. The van der Waals surface area contributed by atoms with E-state index in [0.29, 0.717) is 43.0 Å². The van der Waals surface area contributed by atoms with Crippen molar-refractivity contribution in [2.45, 2.75) is 24.9 Å². The van der Waals surface area contributed by atoms with Crippen LogP contribution in [0.4, 0.5) is 0 Å². The number of hydrogen-bond acceptors (Lipinski definition) is 6. The van der Waals surface area contributed by atoms with Gasteiger partial charge >= 0.3 is 0 Å². The second kappa shape index (κ2) is 12.7. The van der Waals surface area contributed by atoms with Crippen LogP contribution in [-0.2, 0) is 27.7 Å². The van der Waals surface area contributed by atoms with Gasteiger partial charge in [0, 0.05) is 45.3 Å². The zero-order valence-electron chi connectivity index (χ0n) is 17.6. The van der Waals surface area contributed by atoms with Crippen LogP contribution in [0.5, 0.6) is 5.88 Å². The number of ether oxygens (including phenoxy) is 2. The molecule has 0 fully saturated rings. The summed E-state index contributed by atoms with van der Waals surface area (Å²) in [6, 6.07) is 9.08. The number of nitrogens with one attached hydrogen (secondary N) is 2. The van der Waals surface area contributed by atoms with Crippen LogP contribution < -0.4 is 15.4 Å². The topological polar surface area (TPSA) is 102 Å². The molecule has 0 aliphatic rings. The Morgan fingerprint density at radius 3 is 2.53 bits per heavy atom. The Hall–Kier alpha value is -1.92. The first-order chi connectivity index (χ1) is 13.8. The molecule has 8 nitrogen and oxygen atoms in total. The minimum atomic E-state index is -3.22. The van der Waals surface area contributed by atoms with Crippen molar-refractivity contribution in [3.63, 3.8) is 0 Å². The Morgan fingerprint density at radius 1 is 1.17 bits per heavy atom. The number of rotatable bonds is 9. The van der Waals surface area contributed by atoms with E-state index in [1.807, 2.05) is 18.2 Å². The maximum absolute atomic E-state index is 11.7. The zero-order valence-corrected chi connectivity index (χ0v) is 20.8. The lowest BCUT2D eigenvalue weighted by molar-refractivity contribution is 0.143. The summed E-state index contributed by atoms with van der Waals surface area (Å²) in [6.07, 6.45) is 2.89. The molecule has 0 spiro atoms. The fraction of sp³-hybridized carbons (Fsp3) is 0.400. The molecule has 0 radical (unpaired) electrons. The van der Waals surface area contributed by atoms with Crippen molar-refractivity contribution in [2.75, 3.05) is 33.6 Å². The van der Waals surface area contributed by atoms with Crippen molar-refractivity contribution in [1.82, 2.24) is 15.6 Å². The van der Waals surface area contributed by atoms with Gasteiger partial charge in [-0.1, -0.05) is 18.2 Å². The van der Waals surface area contributed by atoms with Gasteiger partial charge in [0.05, 0.1) is 11.5 Å². The van der Waals surface area contributed by atoms with Crippen LogP contribution >= 0.6 is 24.0 Å². The summed E-state index contributed by atoms with van der Waals surface area (Å²) in [4.78, 5) is 8.83. The van der Waals surface area contributed by atoms with E-state index in [1.165, 1.54) is 6.26 Å². The van der Waals surface area contributed by atoms with E-state index >= 15 is 0 Å². The first-order valence-corrected chi connectivity index (χ1v) is 11.0. The molecular formula is C20H29IN4O4S. The summed E-state index contributed by atoms with van der Waals surface area (Å²) in [5.41, 5.74) is 2.59. The van der Waals surface area contributed by atoms with Gasteiger partial charge in [0.1, 0.15) is 6.61 Å². The van der Waals surface area contributed by atoms with Crippen LogP contribution in [0.25, 0.3) is 0 Å². The zero-order chi connectivity index (χ0) is 21.3. The molecule has 0 aliphatic heterocycles. The van der Waals surface area contributed by atoms with Crippen molar-refractivity contribution in [3.05, 3.63) is 53.2 Å². The fourth-order valence-corrected chi connectivity index (χ4v) is 3.69. The molecule has 2 rings (SSSR count). The van der Waals surface area contributed by atoms with Gasteiger partial charge in [-0.3, -0.25) is 4.99 Å². The summed E-state index contributed by atoms with van der Waals surface area (Å²) in [5, 5.41) is 6.45. The first-order valence-electron chi connectivity index (χ1n) is 9.15. The van der Waals surface area contributed by atoms with Crippen molar-refractivity contribution < 1.29 is 17.9 Å². The van der Waals surface area contributed by atoms with E-state index < -0.39 is 9.84 Å². The maximum Gasteiger partial charge on any atom is 0.218 e. The number of halogens is 1. The smallest absolute Gasteiger partial charge is 0.218 e. The number of hydrogen-bond donors (Lipinski definition) is 2. The highest BCUT2D eigenvalue weighted by Gasteiger charge is 2.11. The minimum absolute atomic E-state index is 0. The predicted molar refractivity (Wildman–Crippen MR) is 128 cm³/mol. The molecule has 30 heavy (non-hydrogen) atoms. The average molecular weight is 548 g/mol. The van der Waals surface area contributed by atoms with Crippen LogP contribution in [0.3, 0.4) is 0 Å². The third kappa shape index (κ3) is 8.07. The molecule has 1 aromatic carbocycles. The van der Waals surface area contributed by atoms with Gasteiger partial charge in [-0.15, -0.1) is 24.0 Å². The predicted octanol–water partition coefficient (Wildman–Crippen LogP) is 2.30. The van der Waals surface area contributed by atoms with Gasteiger partial charge < -0.3 is 20.1 Å². The van der Waals surface area contributed by atoms with Gasteiger partial charge in [0.2, 0.25) is 5.88 Å². The summed E-state index contributed by atoms with van der Waals surface area (Å²) in [7, 11) is 0.0880. The van der Waals surface area contributed by atoms with Crippen LogP contribution in [0.1, 0.15) is 16.7 Å². The SMILES string of the molecule is CN=C(NCc1ccc(S(C)(=O)=O)c(C)c1)NCc1cccnc1OCCOC.I. The number of aromatic nitrogens is 1. The summed E-state index contributed by atoms with van der Waals surface area (Å²) >= 11 is 0. The molecule has 2 aromatic rings. The van der Waals surface area contributed by atoms with Gasteiger partial charge in [-0.2, -0.15) is 0 Å². The first kappa shape index (κ1) is 26.1. The number of sulfone groups is 1. The molecule has 0 aliphatic carbocycles. The largest absolute Gasteiger partial charge is 0.475 e. The fourth-order valence-electron chi connectivity index (χ4n) is 2.73. The number of guanidine groups is 1. The molecule has 1 heterocycles. The molecule has 0 atom stereocenters. The Morgan fingerprint density at radius 2 is 1.90 bits per heavy atom. The van der Waals surface area contributed by atoms with Crippen LogP contribution in [0, 0.1) is 6.92 Å². The highest BCUT2D eigenvalue weighted by Crippen LogP contribution is 2.17. The van der Waals surface area contributed by atoms with Crippen molar-refractivity contribution in [3.8, 4) is 5.88 Å². The molecule has 2 N–H and O–H groups in total. The van der Waals surface area contributed by atoms with Gasteiger partial charge in [0.15, 0.2) is 15.8 Å². The van der Waals surface area contributed by atoms with Crippen molar-refractivity contribution in [2.24, 2.45) is 4.99 Å². The number of nitrogens with zero attached hydrogens (tertiary/aromatic N) is 2.